The van der Waals surface area contributed by atoms with E-state index in [1.54, 1.807) is 30.3 Å². The molecule has 164 valence electrons. The fourth-order valence-electron chi connectivity index (χ4n) is 3.58. The molecule has 0 aliphatic carbocycles. The number of amides is 2. The maximum atomic E-state index is 12.9. The second-order valence-corrected chi connectivity index (χ2v) is 7.35. The van der Waals surface area contributed by atoms with Gasteiger partial charge in [0.05, 0.1) is 24.3 Å². The van der Waals surface area contributed by atoms with Gasteiger partial charge in [0.2, 0.25) is 17.8 Å². The molecule has 1 atom stereocenters. The zero-order chi connectivity index (χ0) is 22.7. The van der Waals surface area contributed by atoms with Crippen molar-refractivity contribution in [2.45, 2.75) is 25.7 Å². The van der Waals surface area contributed by atoms with E-state index in [2.05, 4.69) is 25.9 Å². The molecule has 0 radical (unpaired) electrons. The van der Waals surface area contributed by atoms with Crippen LogP contribution in [0.1, 0.15) is 30.4 Å². The maximum Gasteiger partial charge on any atom is 0.258 e. The van der Waals surface area contributed by atoms with Crippen molar-refractivity contribution in [2.24, 2.45) is 0 Å². The molecule has 1 aliphatic heterocycles. The van der Waals surface area contributed by atoms with Crippen LogP contribution in [-0.4, -0.2) is 28.9 Å². The summed E-state index contributed by atoms with van der Waals surface area (Å²) in [6, 6.07) is 14.6. The Kier molecular flexibility index (Phi) is 5.89. The lowest BCUT2D eigenvalue weighted by Gasteiger charge is -2.23. The minimum Gasteiger partial charge on any atom is -0.495 e. The van der Waals surface area contributed by atoms with Crippen molar-refractivity contribution in [1.29, 1.82) is 0 Å². The van der Waals surface area contributed by atoms with Crippen LogP contribution in [0.5, 0.6) is 5.75 Å². The number of aryl methyl sites for hydroxylation is 1. The molecule has 4 rings (SSSR count). The summed E-state index contributed by atoms with van der Waals surface area (Å²) in [5.74, 6) is -1.05. The Morgan fingerprint density at radius 3 is 2.62 bits per heavy atom. The Hall–Kier alpha value is -4.14. The zero-order valence-corrected chi connectivity index (χ0v) is 17.7. The number of hydrogen-bond acceptors (Lipinski definition) is 6. The lowest BCUT2D eigenvalue weighted by Crippen LogP contribution is -2.36. The molecule has 9 heteroatoms. The summed E-state index contributed by atoms with van der Waals surface area (Å²) in [7, 11) is 1.53. The molecule has 0 saturated heterocycles. The highest BCUT2D eigenvalue weighted by Crippen LogP contribution is 2.31. The molecule has 2 aromatic carbocycles. The van der Waals surface area contributed by atoms with Crippen molar-refractivity contribution in [2.75, 3.05) is 23.1 Å². The Labute approximate surface area is 184 Å². The first-order valence-electron chi connectivity index (χ1n) is 10.2. The van der Waals surface area contributed by atoms with Crippen molar-refractivity contribution in [1.82, 2.24) is 9.97 Å². The second kappa shape index (κ2) is 8.93. The van der Waals surface area contributed by atoms with Crippen LogP contribution >= 0.6 is 0 Å². The first-order valence-corrected chi connectivity index (χ1v) is 10.2. The number of anilines is 4. The predicted octanol–water partition coefficient (Wildman–Crippen LogP) is 3.15. The predicted molar refractivity (Wildman–Crippen MR) is 122 cm³/mol. The van der Waals surface area contributed by atoms with Crippen molar-refractivity contribution >= 4 is 35.0 Å². The topological polar surface area (TPSA) is 125 Å². The number of fused-ring (bicyclic) bond motifs is 1. The molecule has 0 spiro atoms. The van der Waals surface area contributed by atoms with E-state index in [1.807, 2.05) is 25.1 Å². The van der Waals surface area contributed by atoms with E-state index < -0.39 is 17.4 Å². The Morgan fingerprint density at radius 1 is 1.16 bits per heavy atom. The quantitative estimate of drug-likeness (QED) is 0.473. The number of carbonyl (C=O) groups is 2. The van der Waals surface area contributed by atoms with E-state index in [1.165, 1.54) is 7.11 Å². The number of aromatic amines is 1. The van der Waals surface area contributed by atoms with Gasteiger partial charge in [0.15, 0.2) is 0 Å². The largest absolute Gasteiger partial charge is 0.495 e. The second-order valence-electron chi connectivity index (χ2n) is 7.35. The third-order valence-corrected chi connectivity index (χ3v) is 5.26. The van der Waals surface area contributed by atoms with E-state index in [0.717, 1.165) is 12.0 Å². The number of carbonyl (C=O) groups excluding carboxylic acids is 2. The average molecular weight is 433 g/mol. The van der Waals surface area contributed by atoms with Crippen molar-refractivity contribution < 1.29 is 14.3 Å². The minimum absolute atomic E-state index is 0.0591. The van der Waals surface area contributed by atoms with Gasteiger partial charge < -0.3 is 20.7 Å². The Morgan fingerprint density at radius 2 is 1.91 bits per heavy atom. The minimum atomic E-state index is -0.957. The van der Waals surface area contributed by atoms with Gasteiger partial charge in [-0.2, -0.15) is 4.98 Å². The molecule has 0 fully saturated rings. The monoisotopic (exact) mass is 433 g/mol. The third kappa shape index (κ3) is 4.31. The molecule has 0 bridgehead atoms. The maximum absolute atomic E-state index is 12.9. The number of hydrogen-bond donors (Lipinski definition) is 4. The highest BCUT2D eigenvalue weighted by molar-refractivity contribution is 6.04. The number of ether oxygens (including phenoxy) is 1. The number of rotatable bonds is 6. The lowest BCUT2D eigenvalue weighted by atomic mass is 9.92. The molecule has 2 amide bonds. The van der Waals surface area contributed by atoms with Crippen molar-refractivity contribution in [3.63, 3.8) is 0 Å². The SMILES string of the molecule is CCc1ccc(NC(=O)[C@H]2CC(=O)Nc3nc(Nc4ccccc4OC)[nH]c(=O)c32)cc1. The fourth-order valence-corrected chi connectivity index (χ4v) is 3.58. The van der Waals surface area contributed by atoms with E-state index >= 15 is 0 Å². The molecule has 3 aromatic rings. The standard InChI is InChI=1S/C23H23N5O4/c1-3-13-8-10-14(11-9-13)24-21(30)15-12-18(29)26-20-19(15)22(31)28-23(27-20)25-16-6-4-5-7-17(16)32-2/h4-11,15H,3,12H2,1-2H3,(H,24,30)(H3,25,26,27,28,29,31)/t15-/m0/s1. The van der Waals surface area contributed by atoms with Crippen LogP contribution in [0.4, 0.5) is 23.1 Å². The zero-order valence-electron chi connectivity index (χ0n) is 17.7. The summed E-state index contributed by atoms with van der Waals surface area (Å²) in [6.45, 7) is 2.04. The van der Waals surface area contributed by atoms with Gasteiger partial charge in [0.25, 0.3) is 5.56 Å². The summed E-state index contributed by atoms with van der Waals surface area (Å²) in [5.41, 5.74) is 1.94. The van der Waals surface area contributed by atoms with Crippen LogP contribution in [0, 0.1) is 0 Å². The first kappa shape index (κ1) is 21.1. The lowest BCUT2D eigenvalue weighted by molar-refractivity contribution is -0.123. The van der Waals surface area contributed by atoms with Gasteiger partial charge in [-0.25, -0.2) is 0 Å². The smallest absolute Gasteiger partial charge is 0.258 e. The van der Waals surface area contributed by atoms with Gasteiger partial charge in [-0.05, 0) is 36.2 Å². The highest BCUT2D eigenvalue weighted by atomic mass is 16.5. The normalized spacial score (nSPS) is 14.8. The highest BCUT2D eigenvalue weighted by Gasteiger charge is 2.34. The Bertz CT molecular complexity index is 1220. The van der Waals surface area contributed by atoms with Crippen molar-refractivity contribution in [3.05, 3.63) is 70.0 Å². The van der Waals surface area contributed by atoms with Crippen LogP contribution in [0.2, 0.25) is 0 Å². The number of para-hydroxylation sites is 2. The fraction of sp³-hybridized carbons (Fsp3) is 0.217. The molecule has 2 heterocycles. The molecule has 9 nitrogen and oxygen atoms in total. The third-order valence-electron chi connectivity index (χ3n) is 5.26. The molecule has 1 aliphatic rings. The summed E-state index contributed by atoms with van der Waals surface area (Å²) in [6.07, 6.45) is 0.743. The van der Waals surface area contributed by atoms with Crippen LogP contribution in [0.25, 0.3) is 0 Å². The number of methoxy groups -OCH3 is 1. The van der Waals surface area contributed by atoms with Gasteiger partial charge >= 0.3 is 0 Å². The summed E-state index contributed by atoms with van der Waals surface area (Å²) >= 11 is 0. The van der Waals surface area contributed by atoms with Gasteiger partial charge in [-0.15, -0.1) is 0 Å². The van der Waals surface area contributed by atoms with Crippen LogP contribution in [0.3, 0.4) is 0 Å². The Balaban J connectivity index is 1.62. The van der Waals surface area contributed by atoms with E-state index in [4.69, 9.17) is 4.74 Å². The van der Waals surface area contributed by atoms with Crippen LogP contribution < -0.4 is 26.2 Å². The summed E-state index contributed by atoms with van der Waals surface area (Å²) in [5, 5.41) is 8.37. The molecule has 0 saturated carbocycles. The van der Waals surface area contributed by atoms with Crippen LogP contribution in [-0.2, 0) is 16.0 Å². The first-order chi connectivity index (χ1) is 15.5. The van der Waals surface area contributed by atoms with Crippen molar-refractivity contribution in [3.8, 4) is 5.75 Å². The van der Waals surface area contributed by atoms with Gasteiger partial charge in [0, 0.05) is 12.1 Å². The molecular weight excluding hydrogens is 410 g/mol. The molecule has 0 unspecified atom stereocenters. The average Bonchev–Trinajstić information content (AvgIpc) is 2.79. The number of nitrogens with one attached hydrogen (secondary N) is 4. The van der Waals surface area contributed by atoms with Gasteiger partial charge in [-0.1, -0.05) is 31.2 Å². The molecular formula is C23H23N5O4. The van der Waals surface area contributed by atoms with Gasteiger partial charge in [0.1, 0.15) is 11.6 Å². The molecule has 1 aromatic heterocycles. The van der Waals surface area contributed by atoms with E-state index in [0.29, 0.717) is 17.1 Å². The van der Waals surface area contributed by atoms with Crippen LogP contribution in [0.15, 0.2) is 53.3 Å². The molecule has 32 heavy (non-hydrogen) atoms. The number of nitrogens with zero attached hydrogens (tertiary/aromatic N) is 1. The van der Waals surface area contributed by atoms with E-state index in [9.17, 15) is 14.4 Å². The number of benzene rings is 2. The van der Waals surface area contributed by atoms with Gasteiger partial charge in [-0.3, -0.25) is 19.4 Å². The summed E-state index contributed by atoms with van der Waals surface area (Å²) < 4.78 is 5.29. The number of aromatic nitrogens is 2. The van der Waals surface area contributed by atoms with E-state index in [-0.39, 0.29) is 29.7 Å². The summed E-state index contributed by atoms with van der Waals surface area (Å²) in [4.78, 5) is 45.1. The number of H-pyrrole nitrogens is 1. The molecule has 4 N–H and O–H groups in total.